The van der Waals surface area contributed by atoms with E-state index in [9.17, 15) is 13.2 Å². The van der Waals surface area contributed by atoms with Crippen LogP contribution in [0.4, 0.5) is 13.2 Å². The van der Waals surface area contributed by atoms with Gasteiger partial charge in [0, 0.05) is 6.04 Å². The van der Waals surface area contributed by atoms with E-state index in [1.54, 1.807) is 30.3 Å². The second-order valence-corrected chi connectivity index (χ2v) is 4.58. The summed E-state index contributed by atoms with van der Waals surface area (Å²) in [7, 11) is 0. The molecule has 1 atom stereocenters. The number of benzene rings is 1. The average molecular weight is 245 g/mol. The summed E-state index contributed by atoms with van der Waals surface area (Å²) < 4.78 is 37.4. The molecule has 0 aromatic heterocycles. The molecule has 0 aliphatic heterocycles. The maximum absolute atomic E-state index is 12.5. The molecule has 0 fully saturated rings. The first-order chi connectivity index (χ1) is 7.88. The van der Waals surface area contributed by atoms with Crippen molar-refractivity contribution < 1.29 is 13.2 Å². The van der Waals surface area contributed by atoms with Crippen molar-refractivity contribution in [2.45, 2.75) is 32.5 Å². The van der Waals surface area contributed by atoms with Crippen LogP contribution in [0.2, 0.25) is 0 Å². The van der Waals surface area contributed by atoms with Crippen LogP contribution >= 0.6 is 0 Å². The highest BCUT2D eigenvalue weighted by molar-refractivity contribution is 5.19. The second-order valence-electron chi connectivity index (χ2n) is 4.58. The molecule has 1 unspecified atom stereocenters. The molecular weight excluding hydrogens is 227 g/mol. The van der Waals surface area contributed by atoms with Crippen molar-refractivity contribution >= 4 is 0 Å². The molecule has 1 nitrogen and oxygen atoms in total. The van der Waals surface area contributed by atoms with Gasteiger partial charge in [0.15, 0.2) is 0 Å². The Kier molecular flexibility index (Phi) is 5.00. The lowest BCUT2D eigenvalue weighted by Crippen LogP contribution is -2.29. The molecule has 4 heteroatoms. The molecule has 1 N–H and O–H groups in total. The van der Waals surface area contributed by atoms with Gasteiger partial charge in [-0.25, -0.2) is 0 Å². The minimum absolute atomic E-state index is 0.328. The monoisotopic (exact) mass is 245 g/mol. The van der Waals surface area contributed by atoms with Crippen LogP contribution in [0.15, 0.2) is 30.3 Å². The molecule has 17 heavy (non-hydrogen) atoms. The third-order valence-electron chi connectivity index (χ3n) is 2.41. The zero-order chi connectivity index (χ0) is 12.9. The normalized spacial score (nSPS) is 14.0. The highest BCUT2D eigenvalue weighted by Crippen LogP contribution is 2.29. The molecule has 1 aromatic carbocycles. The minimum atomic E-state index is -4.15. The van der Waals surface area contributed by atoms with Crippen LogP contribution in [-0.2, 0) is 0 Å². The zero-order valence-corrected chi connectivity index (χ0v) is 10.1. The lowest BCUT2D eigenvalue weighted by atomic mass is 10.0. The fourth-order valence-electron chi connectivity index (χ4n) is 1.60. The van der Waals surface area contributed by atoms with E-state index in [4.69, 9.17) is 0 Å². The topological polar surface area (TPSA) is 12.0 Å². The first-order valence-corrected chi connectivity index (χ1v) is 5.73. The summed E-state index contributed by atoms with van der Waals surface area (Å²) in [6.07, 6.45) is -4.98. The zero-order valence-electron chi connectivity index (χ0n) is 10.1. The summed E-state index contributed by atoms with van der Waals surface area (Å²) in [5.41, 5.74) is 0.686. The van der Waals surface area contributed by atoms with Gasteiger partial charge in [0.1, 0.15) is 0 Å². The van der Waals surface area contributed by atoms with Crippen molar-refractivity contribution in [1.82, 2.24) is 5.32 Å². The van der Waals surface area contributed by atoms with Gasteiger partial charge in [0.25, 0.3) is 0 Å². The third-order valence-corrected chi connectivity index (χ3v) is 2.41. The van der Waals surface area contributed by atoms with Gasteiger partial charge < -0.3 is 5.32 Å². The van der Waals surface area contributed by atoms with Gasteiger partial charge >= 0.3 is 6.18 Å². The van der Waals surface area contributed by atoms with Crippen molar-refractivity contribution in [3.63, 3.8) is 0 Å². The molecule has 96 valence electrons. The van der Waals surface area contributed by atoms with Crippen LogP contribution in [0.1, 0.15) is 31.9 Å². The van der Waals surface area contributed by atoms with E-state index in [-0.39, 0.29) is 0 Å². The quantitative estimate of drug-likeness (QED) is 0.828. The van der Waals surface area contributed by atoms with Gasteiger partial charge in [-0.2, -0.15) is 13.2 Å². The molecule has 0 radical (unpaired) electrons. The Morgan fingerprint density at radius 2 is 1.71 bits per heavy atom. The molecule has 0 saturated carbocycles. The Hall–Kier alpha value is -1.03. The molecule has 0 saturated heterocycles. The number of hydrogen-bond acceptors (Lipinski definition) is 1. The number of nitrogens with one attached hydrogen (secondary N) is 1. The highest BCUT2D eigenvalue weighted by Gasteiger charge is 2.32. The summed E-state index contributed by atoms with van der Waals surface area (Å²) in [5.74, 6) is 0.328. The first-order valence-electron chi connectivity index (χ1n) is 5.73. The average Bonchev–Trinajstić information content (AvgIpc) is 2.24. The Bertz CT molecular complexity index is 319. The predicted molar refractivity (Wildman–Crippen MR) is 62.7 cm³/mol. The molecule has 1 aromatic rings. The molecule has 0 amide bonds. The number of halogens is 3. The molecule has 0 spiro atoms. The maximum atomic E-state index is 12.5. The van der Waals surface area contributed by atoms with E-state index in [1.807, 2.05) is 13.8 Å². The van der Waals surface area contributed by atoms with Gasteiger partial charge in [0.2, 0.25) is 0 Å². The lowest BCUT2D eigenvalue weighted by Gasteiger charge is -2.21. The van der Waals surface area contributed by atoms with Crippen molar-refractivity contribution in [2.75, 3.05) is 6.54 Å². The van der Waals surface area contributed by atoms with Crippen molar-refractivity contribution in [1.29, 1.82) is 0 Å². The maximum Gasteiger partial charge on any atom is 0.390 e. The van der Waals surface area contributed by atoms with Crippen LogP contribution < -0.4 is 5.32 Å². The van der Waals surface area contributed by atoms with E-state index < -0.39 is 18.6 Å². The second kappa shape index (κ2) is 6.05. The van der Waals surface area contributed by atoms with Crippen LogP contribution in [-0.4, -0.2) is 12.7 Å². The van der Waals surface area contributed by atoms with E-state index >= 15 is 0 Å². The van der Waals surface area contributed by atoms with Crippen molar-refractivity contribution in [3.8, 4) is 0 Å². The fourth-order valence-corrected chi connectivity index (χ4v) is 1.60. The first kappa shape index (κ1) is 14.0. The van der Waals surface area contributed by atoms with Gasteiger partial charge in [-0.05, 0) is 18.0 Å². The Morgan fingerprint density at radius 3 is 2.18 bits per heavy atom. The van der Waals surface area contributed by atoms with Crippen molar-refractivity contribution in [3.05, 3.63) is 35.9 Å². The Morgan fingerprint density at radius 1 is 1.12 bits per heavy atom. The standard InChI is InChI=1S/C13H18F3N/c1-10(2)9-17-12(8-13(14,15)16)11-6-4-3-5-7-11/h3-7,10,12,17H,8-9H2,1-2H3. The van der Waals surface area contributed by atoms with E-state index in [2.05, 4.69) is 5.32 Å². The van der Waals surface area contributed by atoms with Gasteiger partial charge in [-0.3, -0.25) is 0 Å². The number of rotatable bonds is 5. The number of alkyl halides is 3. The molecule has 1 rings (SSSR count). The highest BCUT2D eigenvalue weighted by atomic mass is 19.4. The number of hydrogen-bond donors (Lipinski definition) is 1. The van der Waals surface area contributed by atoms with Crippen LogP contribution in [0.25, 0.3) is 0 Å². The minimum Gasteiger partial charge on any atom is -0.309 e. The molecule has 0 bridgehead atoms. The van der Waals surface area contributed by atoms with Crippen LogP contribution in [0.3, 0.4) is 0 Å². The smallest absolute Gasteiger partial charge is 0.309 e. The van der Waals surface area contributed by atoms with E-state index in [0.717, 1.165) is 0 Å². The molecule has 0 aliphatic carbocycles. The fraction of sp³-hybridized carbons (Fsp3) is 0.538. The SMILES string of the molecule is CC(C)CNC(CC(F)(F)F)c1ccccc1. The van der Waals surface area contributed by atoms with Gasteiger partial charge in [-0.1, -0.05) is 44.2 Å². The molecule has 0 heterocycles. The van der Waals surface area contributed by atoms with E-state index in [1.165, 1.54) is 0 Å². The Labute approximate surface area is 100 Å². The summed E-state index contributed by atoms with van der Waals surface area (Å²) in [5, 5.41) is 2.97. The Balaban J connectivity index is 2.72. The summed E-state index contributed by atoms with van der Waals surface area (Å²) in [6.45, 7) is 4.53. The summed E-state index contributed by atoms with van der Waals surface area (Å²) >= 11 is 0. The van der Waals surface area contributed by atoms with Crippen LogP contribution in [0.5, 0.6) is 0 Å². The summed E-state index contributed by atoms with van der Waals surface area (Å²) in [4.78, 5) is 0. The predicted octanol–water partition coefficient (Wildman–Crippen LogP) is 3.93. The molecular formula is C13H18F3N. The van der Waals surface area contributed by atoms with Crippen molar-refractivity contribution in [2.24, 2.45) is 5.92 Å². The summed E-state index contributed by atoms with van der Waals surface area (Å²) in [6, 6.07) is 8.12. The lowest BCUT2D eigenvalue weighted by molar-refractivity contribution is -0.140. The largest absolute Gasteiger partial charge is 0.390 e. The van der Waals surface area contributed by atoms with Crippen LogP contribution in [0, 0.1) is 5.92 Å². The van der Waals surface area contributed by atoms with Gasteiger partial charge in [0.05, 0.1) is 6.42 Å². The molecule has 0 aliphatic rings. The van der Waals surface area contributed by atoms with E-state index in [0.29, 0.717) is 18.0 Å². The third kappa shape index (κ3) is 5.73. The van der Waals surface area contributed by atoms with Gasteiger partial charge in [-0.15, -0.1) is 0 Å².